The van der Waals surface area contributed by atoms with Crippen LogP contribution in [0.5, 0.6) is 0 Å². The van der Waals surface area contributed by atoms with Crippen LogP contribution >= 0.6 is 0 Å². The number of carbonyl (C=O) groups excluding carboxylic acids is 1. The lowest BCUT2D eigenvalue weighted by molar-refractivity contribution is -0.384. The molecule has 7 nitrogen and oxygen atoms in total. The van der Waals surface area contributed by atoms with Gasteiger partial charge in [0.2, 0.25) is 0 Å². The number of fused-ring (bicyclic) bond motifs is 2. The molecule has 1 N–H and O–H groups in total. The van der Waals surface area contributed by atoms with Crippen molar-refractivity contribution in [1.82, 2.24) is 5.32 Å². The van der Waals surface area contributed by atoms with E-state index < -0.39 is 4.92 Å². The van der Waals surface area contributed by atoms with Gasteiger partial charge in [-0.1, -0.05) is 20.8 Å². The van der Waals surface area contributed by atoms with E-state index in [1.165, 1.54) is 18.6 Å². The molecule has 4 rings (SSSR count). The van der Waals surface area contributed by atoms with Crippen LogP contribution in [0.4, 0.5) is 11.4 Å². The molecule has 1 aromatic rings. The summed E-state index contributed by atoms with van der Waals surface area (Å²) in [7, 11) is 0. The number of ether oxygens (including phenoxy) is 1. The Hall–Kier alpha value is -2.15. The Morgan fingerprint density at radius 3 is 2.57 bits per heavy atom. The van der Waals surface area contributed by atoms with Gasteiger partial charge in [0.15, 0.2) is 0 Å². The number of nitrogens with one attached hydrogen (secondary N) is 1. The second kappa shape index (κ2) is 6.72. The highest BCUT2D eigenvalue weighted by Gasteiger charge is 2.61. The molecule has 1 amide bonds. The normalized spacial score (nSPS) is 31.0. The number of nitro benzene ring substituents is 1. The van der Waals surface area contributed by atoms with Gasteiger partial charge in [-0.2, -0.15) is 0 Å². The number of anilines is 1. The van der Waals surface area contributed by atoms with Gasteiger partial charge in [-0.05, 0) is 42.1 Å². The first kappa shape index (κ1) is 19.2. The topological polar surface area (TPSA) is 84.7 Å². The highest BCUT2D eigenvalue weighted by molar-refractivity contribution is 6.00. The molecule has 152 valence electrons. The molecule has 0 radical (unpaired) electrons. The van der Waals surface area contributed by atoms with E-state index in [1.807, 2.05) is 0 Å². The van der Waals surface area contributed by atoms with Gasteiger partial charge < -0.3 is 15.0 Å². The third-order valence-electron chi connectivity index (χ3n) is 7.89. The SMILES string of the molecule is CC1(C)[C@H]2CC[C@@]1(C)[C@@H](NC(=O)c1cc([N+](=O)[O-])ccc1N1CCOCC1)C2. The monoisotopic (exact) mass is 387 g/mol. The smallest absolute Gasteiger partial charge is 0.270 e. The maximum atomic E-state index is 13.3. The Kier molecular flexibility index (Phi) is 4.61. The molecule has 7 heteroatoms. The van der Waals surface area contributed by atoms with E-state index in [0.29, 0.717) is 37.8 Å². The van der Waals surface area contributed by atoms with Crippen LogP contribution in [0.3, 0.4) is 0 Å². The number of benzene rings is 1. The maximum absolute atomic E-state index is 13.3. The van der Waals surface area contributed by atoms with Crippen LogP contribution in [0.25, 0.3) is 0 Å². The minimum atomic E-state index is -0.443. The van der Waals surface area contributed by atoms with Crippen molar-refractivity contribution in [2.24, 2.45) is 16.7 Å². The van der Waals surface area contributed by atoms with Crippen LogP contribution in [0.1, 0.15) is 50.4 Å². The summed E-state index contributed by atoms with van der Waals surface area (Å²) in [5.41, 5.74) is 1.34. The van der Waals surface area contributed by atoms with E-state index in [4.69, 9.17) is 4.74 Å². The summed E-state index contributed by atoms with van der Waals surface area (Å²) >= 11 is 0. The molecule has 0 spiro atoms. The number of hydrogen-bond donors (Lipinski definition) is 1. The van der Waals surface area contributed by atoms with E-state index in [2.05, 4.69) is 31.0 Å². The number of amides is 1. The van der Waals surface area contributed by atoms with Crippen molar-refractivity contribution >= 4 is 17.3 Å². The predicted molar refractivity (Wildman–Crippen MR) is 107 cm³/mol. The van der Waals surface area contributed by atoms with Gasteiger partial charge in [-0.15, -0.1) is 0 Å². The molecule has 2 bridgehead atoms. The van der Waals surface area contributed by atoms with Gasteiger partial charge in [-0.25, -0.2) is 0 Å². The summed E-state index contributed by atoms with van der Waals surface area (Å²) < 4.78 is 5.41. The summed E-state index contributed by atoms with van der Waals surface area (Å²) in [6, 6.07) is 4.69. The van der Waals surface area contributed by atoms with Gasteiger partial charge in [0.25, 0.3) is 11.6 Å². The first-order chi connectivity index (χ1) is 13.2. The molecule has 3 aliphatic rings. The van der Waals surface area contributed by atoms with E-state index >= 15 is 0 Å². The number of nitro groups is 1. The lowest BCUT2D eigenvalue weighted by Crippen LogP contribution is -2.47. The Morgan fingerprint density at radius 2 is 2.00 bits per heavy atom. The minimum absolute atomic E-state index is 0.0540. The average Bonchev–Trinajstić information content (AvgIpc) is 3.01. The molecule has 1 aliphatic heterocycles. The molecule has 3 fully saturated rings. The Morgan fingerprint density at radius 1 is 1.29 bits per heavy atom. The van der Waals surface area contributed by atoms with Gasteiger partial charge in [0, 0.05) is 31.3 Å². The van der Waals surface area contributed by atoms with Crippen molar-refractivity contribution in [3.8, 4) is 0 Å². The zero-order valence-electron chi connectivity index (χ0n) is 16.9. The molecule has 1 saturated heterocycles. The summed E-state index contributed by atoms with van der Waals surface area (Å²) in [5.74, 6) is 0.409. The van der Waals surface area contributed by atoms with Crippen LogP contribution in [-0.4, -0.2) is 43.2 Å². The standard InChI is InChI=1S/C21H29N3O4/c1-20(2)14-6-7-21(20,3)18(12-14)22-19(25)16-13-15(24(26)27)4-5-17(16)23-8-10-28-11-9-23/h4-5,13-14,18H,6-12H2,1-3H3,(H,22,25)/t14-,18-,21-/m0/s1. The highest BCUT2D eigenvalue weighted by atomic mass is 16.6. The Labute approximate surface area is 165 Å². The maximum Gasteiger partial charge on any atom is 0.270 e. The van der Waals surface area contributed by atoms with Crippen LogP contribution in [-0.2, 0) is 4.74 Å². The third kappa shape index (κ3) is 2.87. The quantitative estimate of drug-likeness (QED) is 0.632. The minimum Gasteiger partial charge on any atom is -0.378 e. The summed E-state index contributed by atoms with van der Waals surface area (Å²) in [6.07, 6.45) is 3.31. The van der Waals surface area contributed by atoms with E-state index in [1.54, 1.807) is 6.07 Å². The first-order valence-corrected chi connectivity index (χ1v) is 10.2. The second-order valence-electron chi connectivity index (χ2n) is 9.19. The summed E-state index contributed by atoms with van der Waals surface area (Å²) in [5, 5.41) is 14.5. The summed E-state index contributed by atoms with van der Waals surface area (Å²) in [6.45, 7) is 9.43. The van der Waals surface area contributed by atoms with Crippen LogP contribution in [0.15, 0.2) is 18.2 Å². The van der Waals surface area contributed by atoms with E-state index in [0.717, 1.165) is 18.5 Å². The highest BCUT2D eigenvalue weighted by Crippen LogP contribution is 2.65. The van der Waals surface area contributed by atoms with Crippen molar-refractivity contribution in [3.05, 3.63) is 33.9 Å². The number of hydrogen-bond acceptors (Lipinski definition) is 5. The lowest BCUT2D eigenvalue weighted by atomic mass is 9.69. The summed E-state index contributed by atoms with van der Waals surface area (Å²) in [4.78, 5) is 26.2. The molecule has 1 heterocycles. The van der Waals surface area contributed by atoms with Gasteiger partial charge in [0.1, 0.15) is 0 Å². The number of carbonyl (C=O) groups is 1. The van der Waals surface area contributed by atoms with Crippen molar-refractivity contribution in [2.75, 3.05) is 31.2 Å². The van der Waals surface area contributed by atoms with Crippen LogP contribution < -0.4 is 10.2 Å². The molecule has 0 unspecified atom stereocenters. The van der Waals surface area contributed by atoms with Crippen molar-refractivity contribution in [2.45, 2.75) is 46.1 Å². The van der Waals surface area contributed by atoms with Crippen LogP contribution in [0.2, 0.25) is 0 Å². The van der Waals surface area contributed by atoms with E-state index in [-0.39, 0.29) is 28.5 Å². The first-order valence-electron chi connectivity index (χ1n) is 10.2. The van der Waals surface area contributed by atoms with Crippen molar-refractivity contribution < 1.29 is 14.5 Å². The second-order valence-corrected chi connectivity index (χ2v) is 9.19. The third-order valence-corrected chi connectivity index (χ3v) is 7.89. The number of rotatable bonds is 4. The fourth-order valence-corrected chi connectivity index (χ4v) is 5.56. The molecule has 0 aromatic heterocycles. The van der Waals surface area contributed by atoms with Crippen LogP contribution in [0, 0.1) is 26.9 Å². The molecule has 2 aliphatic carbocycles. The molecule has 2 saturated carbocycles. The molecule has 3 atom stereocenters. The van der Waals surface area contributed by atoms with Crippen molar-refractivity contribution in [3.63, 3.8) is 0 Å². The predicted octanol–water partition coefficient (Wildman–Crippen LogP) is 3.38. The molecule has 28 heavy (non-hydrogen) atoms. The largest absolute Gasteiger partial charge is 0.378 e. The molecular weight excluding hydrogens is 358 g/mol. The average molecular weight is 387 g/mol. The zero-order chi connectivity index (χ0) is 20.1. The van der Waals surface area contributed by atoms with Gasteiger partial charge in [-0.3, -0.25) is 14.9 Å². The molecule has 1 aromatic carbocycles. The fourth-order valence-electron chi connectivity index (χ4n) is 5.56. The Balaban J connectivity index is 1.63. The number of morpholine rings is 1. The number of nitrogens with zero attached hydrogens (tertiary/aromatic N) is 2. The van der Waals surface area contributed by atoms with Crippen molar-refractivity contribution in [1.29, 1.82) is 0 Å². The lowest BCUT2D eigenvalue weighted by Gasteiger charge is -2.39. The Bertz CT molecular complexity index is 803. The van der Waals surface area contributed by atoms with E-state index in [9.17, 15) is 14.9 Å². The zero-order valence-corrected chi connectivity index (χ0v) is 16.9. The van der Waals surface area contributed by atoms with Gasteiger partial charge >= 0.3 is 0 Å². The van der Waals surface area contributed by atoms with Gasteiger partial charge in [0.05, 0.1) is 29.4 Å². The molecular formula is C21H29N3O4. The fraction of sp³-hybridized carbons (Fsp3) is 0.667. The number of non-ortho nitro benzene ring substituents is 1.